The fraction of sp³-hybridized carbons (Fsp3) is 0.600. The normalized spacial score (nSPS) is 26.1. The predicted octanol–water partition coefficient (Wildman–Crippen LogP) is 2.42. The summed E-state index contributed by atoms with van der Waals surface area (Å²) < 4.78 is 0. The average molecular weight is 232 g/mol. The summed E-state index contributed by atoms with van der Waals surface area (Å²) in [5.74, 6) is 0.749. The minimum absolute atomic E-state index is 0.698. The Labute approximate surface area is 105 Å². The van der Waals surface area contributed by atoms with Gasteiger partial charge in [-0.15, -0.1) is 0 Å². The maximum absolute atomic E-state index is 3.42. The summed E-state index contributed by atoms with van der Waals surface area (Å²) in [5.41, 5.74) is 2.78. The Bertz CT molecular complexity index is 344. The molecular formula is C15H24N2. The van der Waals surface area contributed by atoms with Gasteiger partial charge in [0.15, 0.2) is 0 Å². The van der Waals surface area contributed by atoms with Gasteiger partial charge >= 0.3 is 0 Å². The van der Waals surface area contributed by atoms with Crippen molar-refractivity contribution in [2.24, 2.45) is 5.92 Å². The van der Waals surface area contributed by atoms with Crippen LogP contribution in [-0.4, -0.2) is 31.1 Å². The monoisotopic (exact) mass is 232 g/mol. The van der Waals surface area contributed by atoms with Crippen LogP contribution in [0.5, 0.6) is 0 Å². The molecule has 2 unspecified atom stereocenters. The number of benzene rings is 1. The van der Waals surface area contributed by atoms with E-state index in [-0.39, 0.29) is 0 Å². The first-order chi connectivity index (χ1) is 8.19. The summed E-state index contributed by atoms with van der Waals surface area (Å²) in [4.78, 5) is 2.57. The molecule has 0 bridgehead atoms. The zero-order chi connectivity index (χ0) is 12.3. The standard InChI is InChI=1S/C15H24N2/c1-12-4-6-14(7-5-12)11-17-9-8-15(16-3)13(2)10-17/h4-7,13,15-16H,8-11H2,1-3H3. The second-order valence-corrected chi connectivity index (χ2v) is 5.38. The molecule has 0 saturated carbocycles. The third-order valence-corrected chi connectivity index (χ3v) is 3.89. The highest BCUT2D eigenvalue weighted by atomic mass is 15.1. The quantitative estimate of drug-likeness (QED) is 0.861. The fourth-order valence-corrected chi connectivity index (χ4v) is 2.76. The molecule has 1 aliphatic heterocycles. The number of rotatable bonds is 3. The zero-order valence-corrected chi connectivity index (χ0v) is 11.2. The number of aryl methyl sites for hydroxylation is 1. The molecule has 1 aliphatic rings. The van der Waals surface area contributed by atoms with Crippen LogP contribution in [0, 0.1) is 12.8 Å². The lowest BCUT2D eigenvalue weighted by Gasteiger charge is -2.36. The SMILES string of the molecule is CNC1CCN(Cc2ccc(C)cc2)CC1C. The number of nitrogens with one attached hydrogen (secondary N) is 1. The molecule has 2 heteroatoms. The maximum atomic E-state index is 3.42. The van der Waals surface area contributed by atoms with Crippen molar-refractivity contribution in [3.05, 3.63) is 35.4 Å². The summed E-state index contributed by atoms with van der Waals surface area (Å²) >= 11 is 0. The molecule has 1 heterocycles. The van der Waals surface area contributed by atoms with Crippen LogP contribution in [0.3, 0.4) is 0 Å². The molecule has 2 nitrogen and oxygen atoms in total. The lowest BCUT2D eigenvalue weighted by Crippen LogP contribution is -2.46. The Balaban J connectivity index is 1.90. The molecule has 0 radical (unpaired) electrons. The van der Waals surface area contributed by atoms with E-state index >= 15 is 0 Å². The number of nitrogens with zero attached hydrogens (tertiary/aromatic N) is 1. The molecule has 1 N–H and O–H groups in total. The number of piperidine rings is 1. The molecular weight excluding hydrogens is 208 g/mol. The first-order valence-electron chi connectivity index (χ1n) is 6.64. The molecule has 94 valence electrons. The second kappa shape index (κ2) is 5.65. The fourth-order valence-electron chi connectivity index (χ4n) is 2.76. The Hall–Kier alpha value is -0.860. The van der Waals surface area contributed by atoms with Gasteiger partial charge in [0.25, 0.3) is 0 Å². The summed E-state index contributed by atoms with van der Waals surface area (Å²) in [5, 5.41) is 3.42. The van der Waals surface area contributed by atoms with E-state index < -0.39 is 0 Å². The van der Waals surface area contributed by atoms with E-state index in [1.807, 2.05) is 0 Å². The summed E-state index contributed by atoms with van der Waals surface area (Å²) in [6.45, 7) is 8.01. The van der Waals surface area contributed by atoms with Gasteiger partial charge in [0.1, 0.15) is 0 Å². The van der Waals surface area contributed by atoms with Gasteiger partial charge in [-0.3, -0.25) is 4.90 Å². The number of hydrogen-bond donors (Lipinski definition) is 1. The van der Waals surface area contributed by atoms with Crippen LogP contribution in [0.25, 0.3) is 0 Å². The van der Waals surface area contributed by atoms with Gasteiger partial charge in [0.2, 0.25) is 0 Å². The number of hydrogen-bond acceptors (Lipinski definition) is 2. The van der Waals surface area contributed by atoms with Crippen LogP contribution in [0.15, 0.2) is 24.3 Å². The van der Waals surface area contributed by atoms with Gasteiger partial charge in [-0.1, -0.05) is 36.8 Å². The Morgan fingerprint density at radius 2 is 2.00 bits per heavy atom. The predicted molar refractivity (Wildman–Crippen MR) is 73.1 cm³/mol. The highest BCUT2D eigenvalue weighted by Crippen LogP contribution is 2.18. The molecule has 2 rings (SSSR count). The van der Waals surface area contributed by atoms with Crippen LogP contribution in [-0.2, 0) is 6.54 Å². The smallest absolute Gasteiger partial charge is 0.0233 e. The van der Waals surface area contributed by atoms with Crippen LogP contribution in [0.4, 0.5) is 0 Å². The first-order valence-corrected chi connectivity index (χ1v) is 6.64. The van der Waals surface area contributed by atoms with Crippen molar-refractivity contribution in [1.82, 2.24) is 10.2 Å². The molecule has 1 aromatic carbocycles. The minimum Gasteiger partial charge on any atom is -0.317 e. The molecule has 2 atom stereocenters. The largest absolute Gasteiger partial charge is 0.317 e. The van der Waals surface area contributed by atoms with Gasteiger partial charge in [0.05, 0.1) is 0 Å². The van der Waals surface area contributed by atoms with Crippen LogP contribution >= 0.6 is 0 Å². The van der Waals surface area contributed by atoms with E-state index in [1.165, 1.54) is 30.6 Å². The van der Waals surface area contributed by atoms with E-state index in [9.17, 15) is 0 Å². The van der Waals surface area contributed by atoms with Gasteiger partial charge in [0, 0.05) is 19.1 Å². The van der Waals surface area contributed by atoms with Gasteiger partial charge in [-0.2, -0.15) is 0 Å². The van der Waals surface area contributed by atoms with Gasteiger partial charge in [-0.05, 0) is 38.4 Å². The second-order valence-electron chi connectivity index (χ2n) is 5.38. The van der Waals surface area contributed by atoms with E-state index in [0.717, 1.165) is 12.5 Å². The molecule has 1 saturated heterocycles. The molecule has 1 fully saturated rings. The molecule has 1 aromatic rings. The van der Waals surface area contributed by atoms with E-state index in [4.69, 9.17) is 0 Å². The van der Waals surface area contributed by atoms with Gasteiger partial charge in [-0.25, -0.2) is 0 Å². The van der Waals surface area contributed by atoms with Crippen LogP contribution in [0.2, 0.25) is 0 Å². The third kappa shape index (κ3) is 3.30. The van der Waals surface area contributed by atoms with Crippen molar-refractivity contribution in [1.29, 1.82) is 0 Å². The summed E-state index contributed by atoms with van der Waals surface area (Å²) in [6.07, 6.45) is 1.27. The molecule has 0 amide bonds. The van der Waals surface area contributed by atoms with Crippen molar-refractivity contribution in [3.63, 3.8) is 0 Å². The lowest BCUT2D eigenvalue weighted by atomic mass is 9.94. The average Bonchev–Trinajstić information content (AvgIpc) is 2.32. The Morgan fingerprint density at radius 1 is 1.29 bits per heavy atom. The molecule has 0 aliphatic carbocycles. The topological polar surface area (TPSA) is 15.3 Å². The van der Waals surface area contributed by atoms with Crippen molar-refractivity contribution in [3.8, 4) is 0 Å². The van der Waals surface area contributed by atoms with Gasteiger partial charge < -0.3 is 5.32 Å². The lowest BCUT2D eigenvalue weighted by molar-refractivity contribution is 0.145. The zero-order valence-electron chi connectivity index (χ0n) is 11.2. The summed E-state index contributed by atoms with van der Waals surface area (Å²) in [6, 6.07) is 9.62. The number of likely N-dealkylation sites (tertiary alicyclic amines) is 1. The molecule has 17 heavy (non-hydrogen) atoms. The van der Waals surface area contributed by atoms with Crippen LogP contribution < -0.4 is 5.32 Å². The maximum Gasteiger partial charge on any atom is 0.0233 e. The van der Waals surface area contributed by atoms with E-state index in [2.05, 4.69) is 55.4 Å². The van der Waals surface area contributed by atoms with E-state index in [0.29, 0.717) is 6.04 Å². The van der Waals surface area contributed by atoms with E-state index in [1.54, 1.807) is 0 Å². The molecule has 0 spiro atoms. The third-order valence-electron chi connectivity index (χ3n) is 3.89. The van der Waals surface area contributed by atoms with Crippen molar-refractivity contribution >= 4 is 0 Å². The molecule has 0 aromatic heterocycles. The highest BCUT2D eigenvalue weighted by Gasteiger charge is 2.24. The summed E-state index contributed by atoms with van der Waals surface area (Å²) in [7, 11) is 2.08. The first kappa shape index (κ1) is 12.6. The van der Waals surface area contributed by atoms with Crippen LogP contribution in [0.1, 0.15) is 24.5 Å². The highest BCUT2D eigenvalue weighted by molar-refractivity contribution is 5.21. The Morgan fingerprint density at radius 3 is 2.59 bits per heavy atom. The van der Waals surface area contributed by atoms with Crippen molar-refractivity contribution in [2.75, 3.05) is 20.1 Å². The Kier molecular flexibility index (Phi) is 4.19. The van der Waals surface area contributed by atoms with Crippen molar-refractivity contribution < 1.29 is 0 Å². The minimum atomic E-state index is 0.698. The van der Waals surface area contributed by atoms with Crippen molar-refractivity contribution in [2.45, 2.75) is 32.9 Å².